The molecule has 12 aromatic carbocycles. The maximum absolute atomic E-state index is 2.46. The van der Waals surface area contributed by atoms with Gasteiger partial charge in [-0.15, -0.1) is 0 Å². The fraction of sp³-hybridized carbons (Fsp3) is 0.0270. The van der Waals surface area contributed by atoms with Gasteiger partial charge in [0.05, 0.1) is 0 Å². The lowest BCUT2D eigenvalue weighted by atomic mass is 9.80. The zero-order chi connectivity index (χ0) is 50.6. The van der Waals surface area contributed by atoms with E-state index in [-0.39, 0.29) is 5.92 Å². The lowest BCUT2D eigenvalue weighted by molar-refractivity contribution is 0.869. The van der Waals surface area contributed by atoms with Crippen LogP contribution in [0.4, 0.5) is 34.1 Å². The van der Waals surface area contributed by atoms with E-state index in [1.165, 1.54) is 82.8 Å². The van der Waals surface area contributed by atoms with Crippen molar-refractivity contribution in [2.45, 2.75) is 12.3 Å². The molecule has 0 aliphatic heterocycles. The van der Waals surface area contributed by atoms with Gasteiger partial charge < -0.3 is 9.80 Å². The fourth-order valence-corrected chi connectivity index (χ4v) is 11.3. The van der Waals surface area contributed by atoms with E-state index in [1.807, 2.05) is 0 Å². The van der Waals surface area contributed by atoms with E-state index in [9.17, 15) is 0 Å². The molecule has 0 fully saturated rings. The van der Waals surface area contributed by atoms with Gasteiger partial charge in [0.2, 0.25) is 0 Å². The number of nitrogens with zero attached hydrogens (tertiary/aromatic N) is 2. The third-order valence-corrected chi connectivity index (χ3v) is 15.0. The number of allylic oxidation sites excluding steroid dienone is 4. The van der Waals surface area contributed by atoms with E-state index >= 15 is 0 Å². The highest BCUT2D eigenvalue weighted by atomic mass is 15.1. The van der Waals surface area contributed by atoms with Crippen LogP contribution in [0.1, 0.15) is 23.5 Å². The van der Waals surface area contributed by atoms with Gasteiger partial charge in [-0.3, -0.25) is 0 Å². The second kappa shape index (κ2) is 20.6. The Morgan fingerprint density at radius 1 is 0.263 bits per heavy atom. The second-order valence-electron chi connectivity index (χ2n) is 19.6. The first-order chi connectivity index (χ1) is 37.7. The molecule has 0 amide bonds. The standard InChI is InChI=1S/C74H54N2/c1-7-21-53(22-8-1)57-37-41-65(42-38-57)75(63-33-15-5-16-34-63)67-45-47-69-71(51-67)73(61-31-19-29-59(49-61)55-25-11-3-12-26-55)70-48-46-68(52-72(70)74(69)62-32-20-30-60(50-62)56-27-13-4-14-28-56)76(64-35-17-6-18-36-64)66-43-39-58(40-44-66)54-23-9-2-10-24-54/h1-49,51-52,60H,50H2. The zero-order valence-electron chi connectivity index (χ0n) is 42.1. The van der Waals surface area contributed by atoms with Crippen LogP contribution < -0.4 is 9.80 Å². The van der Waals surface area contributed by atoms with Crippen LogP contribution >= 0.6 is 0 Å². The summed E-state index contributed by atoms with van der Waals surface area (Å²) in [5.41, 5.74) is 20.0. The van der Waals surface area contributed by atoms with Gasteiger partial charge >= 0.3 is 0 Å². The van der Waals surface area contributed by atoms with Crippen LogP contribution in [-0.4, -0.2) is 0 Å². The summed E-state index contributed by atoms with van der Waals surface area (Å²) in [6.07, 6.45) is 7.89. The Kier molecular flexibility index (Phi) is 12.5. The molecule has 12 aromatic rings. The molecule has 0 saturated carbocycles. The molecule has 1 aliphatic rings. The minimum absolute atomic E-state index is 0.229. The van der Waals surface area contributed by atoms with Crippen LogP contribution in [0.5, 0.6) is 0 Å². The number of rotatable bonds is 12. The molecule has 0 radical (unpaired) electrons. The Labute approximate surface area is 446 Å². The maximum atomic E-state index is 2.46. The van der Waals surface area contributed by atoms with Gasteiger partial charge in [0.1, 0.15) is 0 Å². The zero-order valence-corrected chi connectivity index (χ0v) is 42.1. The minimum Gasteiger partial charge on any atom is -0.310 e. The SMILES string of the molecule is C1=CC(c2ccccc2)CC(c2c3cc(N(c4ccccc4)c4ccc(-c5ccccc5)cc4)ccc3c(-c3cccc(-c4ccccc4)c3)c3cc(N(c4ccccc4)c4ccc(-c5ccccc5)cc4)ccc23)=C1. The molecule has 0 aromatic heterocycles. The van der Waals surface area contributed by atoms with Crippen molar-refractivity contribution >= 4 is 61.2 Å². The van der Waals surface area contributed by atoms with Crippen LogP contribution in [0.25, 0.3) is 71.6 Å². The normalized spacial score (nSPS) is 13.1. The van der Waals surface area contributed by atoms with E-state index in [1.54, 1.807) is 0 Å². The first kappa shape index (κ1) is 46.1. The lowest BCUT2D eigenvalue weighted by Gasteiger charge is -2.29. The number of fused-ring (bicyclic) bond motifs is 2. The fourth-order valence-electron chi connectivity index (χ4n) is 11.3. The molecule has 2 nitrogen and oxygen atoms in total. The molecular weight excluding hydrogens is 917 g/mol. The Morgan fingerprint density at radius 3 is 1.13 bits per heavy atom. The average Bonchev–Trinajstić information content (AvgIpc) is 3.50. The van der Waals surface area contributed by atoms with Gasteiger partial charge in [0.15, 0.2) is 0 Å². The third kappa shape index (κ3) is 9.08. The molecule has 1 aliphatic carbocycles. The number of hydrogen-bond acceptors (Lipinski definition) is 2. The average molecular weight is 971 g/mol. The predicted octanol–water partition coefficient (Wildman–Crippen LogP) is 20.7. The topological polar surface area (TPSA) is 6.48 Å². The quantitative estimate of drug-likeness (QED) is 0.113. The predicted molar refractivity (Wildman–Crippen MR) is 323 cm³/mol. The first-order valence-electron chi connectivity index (χ1n) is 26.3. The van der Waals surface area contributed by atoms with Crippen molar-refractivity contribution in [3.8, 4) is 44.5 Å². The van der Waals surface area contributed by atoms with E-state index in [2.05, 4.69) is 319 Å². The molecule has 0 spiro atoms. The maximum Gasteiger partial charge on any atom is 0.0468 e. The van der Waals surface area contributed by atoms with Crippen LogP contribution in [-0.2, 0) is 0 Å². The van der Waals surface area contributed by atoms with E-state index in [0.717, 1.165) is 40.5 Å². The Hall–Kier alpha value is -9.76. The van der Waals surface area contributed by atoms with Gasteiger partial charge in [0.25, 0.3) is 0 Å². The first-order valence-corrected chi connectivity index (χ1v) is 26.3. The van der Waals surface area contributed by atoms with Crippen molar-refractivity contribution in [3.63, 3.8) is 0 Å². The summed E-state index contributed by atoms with van der Waals surface area (Å²) in [6, 6.07) is 106. The van der Waals surface area contributed by atoms with Gasteiger partial charge in [-0.25, -0.2) is 0 Å². The summed E-state index contributed by atoms with van der Waals surface area (Å²) in [5.74, 6) is 0.229. The van der Waals surface area contributed by atoms with E-state index in [4.69, 9.17) is 0 Å². The van der Waals surface area contributed by atoms with Crippen LogP contribution in [0, 0.1) is 0 Å². The molecule has 1 unspecified atom stereocenters. The van der Waals surface area contributed by atoms with E-state index in [0.29, 0.717) is 0 Å². The van der Waals surface area contributed by atoms with Crippen molar-refractivity contribution in [1.29, 1.82) is 0 Å². The summed E-state index contributed by atoms with van der Waals surface area (Å²) >= 11 is 0. The molecule has 0 bridgehead atoms. The molecule has 0 heterocycles. The number of hydrogen-bond donors (Lipinski definition) is 0. The van der Waals surface area contributed by atoms with Crippen LogP contribution in [0.2, 0.25) is 0 Å². The second-order valence-corrected chi connectivity index (χ2v) is 19.6. The minimum atomic E-state index is 0.229. The van der Waals surface area contributed by atoms with E-state index < -0.39 is 0 Å². The molecule has 76 heavy (non-hydrogen) atoms. The van der Waals surface area contributed by atoms with Crippen LogP contribution in [0.15, 0.2) is 309 Å². The highest BCUT2D eigenvalue weighted by Crippen LogP contribution is 2.49. The van der Waals surface area contributed by atoms with Crippen molar-refractivity contribution in [3.05, 3.63) is 321 Å². The summed E-state index contributed by atoms with van der Waals surface area (Å²) in [7, 11) is 0. The molecule has 360 valence electrons. The summed E-state index contributed by atoms with van der Waals surface area (Å²) in [6.45, 7) is 0. The summed E-state index contributed by atoms with van der Waals surface area (Å²) < 4.78 is 0. The highest BCUT2D eigenvalue weighted by molar-refractivity contribution is 6.20. The number of benzene rings is 12. The van der Waals surface area contributed by atoms with Gasteiger partial charge in [-0.2, -0.15) is 0 Å². The summed E-state index contributed by atoms with van der Waals surface area (Å²) in [5, 5.41) is 4.83. The van der Waals surface area contributed by atoms with Gasteiger partial charge in [0, 0.05) is 40.0 Å². The third-order valence-electron chi connectivity index (χ3n) is 15.0. The molecule has 13 rings (SSSR count). The monoisotopic (exact) mass is 970 g/mol. The molecule has 0 saturated heterocycles. The molecule has 1 atom stereocenters. The van der Waals surface area contributed by atoms with Gasteiger partial charge in [-0.1, -0.05) is 231 Å². The molecule has 0 N–H and O–H groups in total. The number of anilines is 6. The van der Waals surface area contributed by atoms with Crippen molar-refractivity contribution in [2.24, 2.45) is 0 Å². The van der Waals surface area contributed by atoms with Gasteiger partial charge in [-0.05, 0) is 168 Å². The van der Waals surface area contributed by atoms with Crippen LogP contribution in [0.3, 0.4) is 0 Å². The lowest BCUT2D eigenvalue weighted by Crippen LogP contribution is -2.11. The molecule has 2 heteroatoms. The number of para-hydroxylation sites is 2. The van der Waals surface area contributed by atoms with Crippen molar-refractivity contribution in [2.75, 3.05) is 9.80 Å². The smallest absolute Gasteiger partial charge is 0.0468 e. The highest BCUT2D eigenvalue weighted by Gasteiger charge is 2.25. The Balaban J connectivity index is 1.07. The largest absolute Gasteiger partial charge is 0.310 e. The summed E-state index contributed by atoms with van der Waals surface area (Å²) in [4.78, 5) is 4.81. The Morgan fingerprint density at radius 2 is 0.632 bits per heavy atom. The van der Waals surface area contributed by atoms with Crippen molar-refractivity contribution in [1.82, 2.24) is 0 Å². The Bertz CT molecular complexity index is 4020. The molecular formula is C74H54N2. The van der Waals surface area contributed by atoms with Crippen molar-refractivity contribution < 1.29 is 0 Å².